The molecule has 1 amide bonds. The highest BCUT2D eigenvalue weighted by molar-refractivity contribution is 6.32. The maximum atomic E-state index is 12.3. The normalized spacial score (nSPS) is 12.0. The minimum absolute atomic E-state index is 0.136. The van der Waals surface area contributed by atoms with E-state index in [9.17, 15) is 23.6 Å². The van der Waals surface area contributed by atoms with Gasteiger partial charge in [-0.05, 0) is 48.9 Å². The minimum Gasteiger partial charge on any atom is -0.448 e. The summed E-state index contributed by atoms with van der Waals surface area (Å²) in [5, 5.41) is 11.6. The lowest BCUT2D eigenvalue weighted by Gasteiger charge is -2.14. The van der Waals surface area contributed by atoms with Crippen molar-refractivity contribution < 1.29 is 27.8 Å². The summed E-state index contributed by atoms with van der Waals surface area (Å²) in [6, 6.07) is 12.6. The monoisotopic (exact) mass is 463 g/mol. The Morgan fingerprint density at radius 1 is 1.19 bits per heavy atom. The third kappa shape index (κ3) is 6.96. The molecule has 32 heavy (non-hydrogen) atoms. The van der Waals surface area contributed by atoms with E-state index in [4.69, 9.17) is 16.3 Å². The number of nitrogens with zero attached hydrogens (tertiary/aromatic N) is 2. The van der Waals surface area contributed by atoms with Gasteiger partial charge in [-0.1, -0.05) is 23.7 Å². The fourth-order valence-corrected chi connectivity index (χ4v) is 2.69. The van der Waals surface area contributed by atoms with Crippen LogP contribution < -0.4 is 15.0 Å². The zero-order valence-corrected chi connectivity index (χ0v) is 18.2. The Balaban J connectivity index is 2.02. The standard InChI is InChI=1S/C22H20ClF2N3O4/c1-13(20(29)27-16-6-9-19(18(23)11-16)32-22(24)25)31-21(30)15(12-26)10-14-4-7-17(8-5-14)28(2)3/h4-11,13,22H,1-3H3,(H,27,29)/b15-10+. The quantitative estimate of drug-likeness (QED) is 0.352. The molecule has 1 N–H and O–H groups in total. The fourth-order valence-electron chi connectivity index (χ4n) is 2.46. The zero-order valence-electron chi connectivity index (χ0n) is 17.4. The minimum atomic E-state index is -3.04. The molecule has 0 saturated carbocycles. The lowest BCUT2D eigenvalue weighted by molar-refractivity contribution is -0.148. The maximum absolute atomic E-state index is 12.3. The van der Waals surface area contributed by atoms with Gasteiger partial charge in [-0.3, -0.25) is 4.79 Å². The number of esters is 1. The Morgan fingerprint density at radius 2 is 1.84 bits per heavy atom. The van der Waals surface area contributed by atoms with E-state index in [1.54, 1.807) is 18.2 Å². The SMILES string of the molecule is CC(OC(=O)/C(C#N)=C/c1ccc(N(C)C)cc1)C(=O)Nc1ccc(OC(F)F)c(Cl)c1. The zero-order chi connectivity index (χ0) is 23.8. The second-order valence-corrected chi connectivity index (χ2v) is 7.12. The number of alkyl halides is 2. The van der Waals surface area contributed by atoms with Gasteiger partial charge in [0.1, 0.15) is 17.4 Å². The average molecular weight is 464 g/mol. The molecule has 2 aromatic carbocycles. The third-order valence-corrected chi connectivity index (χ3v) is 4.42. The highest BCUT2D eigenvalue weighted by Crippen LogP contribution is 2.29. The van der Waals surface area contributed by atoms with Crippen molar-refractivity contribution in [3.63, 3.8) is 0 Å². The second kappa shape index (κ2) is 11.1. The van der Waals surface area contributed by atoms with E-state index >= 15 is 0 Å². The predicted octanol–water partition coefficient (Wildman–Crippen LogP) is 4.48. The van der Waals surface area contributed by atoms with Crippen LogP contribution in [0.5, 0.6) is 5.75 Å². The second-order valence-electron chi connectivity index (χ2n) is 6.72. The Labute approximate surface area is 188 Å². The number of nitrogens with one attached hydrogen (secondary N) is 1. The summed E-state index contributed by atoms with van der Waals surface area (Å²) < 4.78 is 33.9. The Kier molecular flexibility index (Phi) is 8.55. The molecule has 1 unspecified atom stereocenters. The van der Waals surface area contributed by atoms with Crippen molar-refractivity contribution in [2.75, 3.05) is 24.3 Å². The average Bonchev–Trinajstić information content (AvgIpc) is 2.73. The summed E-state index contributed by atoms with van der Waals surface area (Å²) in [6.45, 7) is -1.72. The maximum Gasteiger partial charge on any atom is 0.387 e. The van der Waals surface area contributed by atoms with E-state index in [1.165, 1.54) is 31.2 Å². The topological polar surface area (TPSA) is 91.7 Å². The van der Waals surface area contributed by atoms with Crippen molar-refractivity contribution in [3.05, 3.63) is 58.6 Å². The number of carbonyl (C=O) groups is 2. The Bertz CT molecular complexity index is 1050. The van der Waals surface area contributed by atoms with E-state index in [2.05, 4.69) is 10.1 Å². The van der Waals surface area contributed by atoms with Gasteiger partial charge < -0.3 is 19.7 Å². The van der Waals surface area contributed by atoms with Crippen LogP contribution >= 0.6 is 11.6 Å². The number of hydrogen-bond donors (Lipinski definition) is 1. The van der Waals surface area contributed by atoms with Gasteiger partial charge in [0.05, 0.1) is 5.02 Å². The number of ether oxygens (including phenoxy) is 2. The summed E-state index contributed by atoms with van der Waals surface area (Å²) in [5.74, 6) is -1.92. The summed E-state index contributed by atoms with van der Waals surface area (Å²) in [5.41, 5.74) is 1.46. The molecule has 0 heterocycles. The summed E-state index contributed by atoms with van der Waals surface area (Å²) in [7, 11) is 3.77. The number of amides is 1. The van der Waals surface area contributed by atoms with Gasteiger partial charge in [0.2, 0.25) is 0 Å². The van der Waals surface area contributed by atoms with E-state index in [1.807, 2.05) is 31.1 Å². The van der Waals surface area contributed by atoms with Crippen molar-refractivity contribution in [3.8, 4) is 11.8 Å². The van der Waals surface area contributed by atoms with Gasteiger partial charge in [0.25, 0.3) is 5.91 Å². The van der Waals surface area contributed by atoms with Crippen LogP contribution in [-0.4, -0.2) is 38.7 Å². The molecule has 0 bridgehead atoms. The number of hydrogen-bond acceptors (Lipinski definition) is 6. The summed E-state index contributed by atoms with van der Waals surface area (Å²) in [6.07, 6.45) is 0.111. The van der Waals surface area contributed by atoms with Crippen molar-refractivity contribution >= 4 is 40.9 Å². The number of benzene rings is 2. The van der Waals surface area contributed by atoms with Crippen LogP contribution in [0.25, 0.3) is 6.08 Å². The van der Waals surface area contributed by atoms with Crippen molar-refractivity contribution in [2.45, 2.75) is 19.6 Å². The molecule has 10 heteroatoms. The summed E-state index contributed by atoms with van der Waals surface area (Å²) >= 11 is 5.84. The Hall–Kier alpha value is -3.64. The van der Waals surface area contributed by atoms with Crippen LogP contribution in [-0.2, 0) is 14.3 Å². The first-order valence-corrected chi connectivity index (χ1v) is 9.64. The van der Waals surface area contributed by atoms with Gasteiger partial charge >= 0.3 is 12.6 Å². The van der Waals surface area contributed by atoms with Crippen LogP contribution in [0.2, 0.25) is 5.02 Å². The fraction of sp³-hybridized carbons (Fsp3) is 0.227. The molecule has 2 aromatic rings. The summed E-state index contributed by atoms with van der Waals surface area (Å²) in [4.78, 5) is 26.5. The first-order valence-electron chi connectivity index (χ1n) is 9.26. The molecule has 0 aromatic heterocycles. The van der Waals surface area contributed by atoms with Gasteiger partial charge in [-0.25, -0.2) is 4.79 Å². The number of halogens is 3. The van der Waals surface area contributed by atoms with Gasteiger partial charge in [-0.15, -0.1) is 0 Å². The van der Waals surface area contributed by atoms with Crippen molar-refractivity contribution in [1.29, 1.82) is 5.26 Å². The van der Waals surface area contributed by atoms with E-state index in [0.29, 0.717) is 5.56 Å². The molecule has 0 radical (unpaired) electrons. The largest absolute Gasteiger partial charge is 0.448 e. The molecule has 0 aliphatic rings. The van der Waals surface area contributed by atoms with Crippen LogP contribution in [0.4, 0.5) is 20.2 Å². The molecule has 0 fully saturated rings. The van der Waals surface area contributed by atoms with Crippen molar-refractivity contribution in [1.82, 2.24) is 0 Å². The molecule has 1 atom stereocenters. The third-order valence-electron chi connectivity index (χ3n) is 4.13. The van der Waals surface area contributed by atoms with Gasteiger partial charge in [-0.2, -0.15) is 14.0 Å². The lowest BCUT2D eigenvalue weighted by Crippen LogP contribution is -2.30. The molecule has 7 nitrogen and oxygen atoms in total. The molecule has 0 spiro atoms. The highest BCUT2D eigenvalue weighted by atomic mass is 35.5. The van der Waals surface area contributed by atoms with Crippen LogP contribution in [0, 0.1) is 11.3 Å². The lowest BCUT2D eigenvalue weighted by atomic mass is 10.1. The van der Waals surface area contributed by atoms with Crippen LogP contribution in [0.3, 0.4) is 0 Å². The Morgan fingerprint density at radius 3 is 2.38 bits per heavy atom. The van der Waals surface area contributed by atoms with Crippen LogP contribution in [0.1, 0.15) is 12.5 Å². The van der Waals surface area contributed by atoms with Gasteiger partial charge in [0, 0.05) is 25.5 Å². The van der Waals surface area contributed by atoms with E-state index in [-0.39, 0.29) is 22.0 Å². The number of rotatable bonds is 8. The molecule has 2 rings (SSSR count). The van der Waals surface area contributed by atoms with E-state index in [0.717, 1.165) is 5.69 Å². The first kappa shape index (κ1) is 24.6. The highest BCUT2D eigenvalue weighted by Gasteiger charge is 2.21. The number of nitriles is 1. The molecular weight excluding hydrogens is 444 g/mol. The van der Waals surface area contributed by atoms with Crippen molar-refractivity contribution in [2.24, 2.45) is 0 Å². The first-order chi connectivity index (χ1) is 15.1. The van der Waals surface area contributed by atoms with E-state index < -0.39 is 24.6 Å². The number of anilines is 2. The number of carbonyl (C=O) groups excluding carboxylic acids is 2. The smallest absolute Gasteiger partial charge is 0.387 e. The predicted molar refractivity (Wildman–Crippen MR) is 117 cm³/mol. The van der Waals surface area contributed by atoms with Gasteiger partial charge in [0.15, 0.2) is 6.10 Å². The van der Waals surface area contributed by atoms with Crippen LogP contribution in [0.15, 0.2) is 48.0 Å². The molecule has 0 aliphatic carbocycles. The molecule has 168 valence electrons. The molecular formula is C22H20ClF2N3O4. The molecule has 0 aliphatic heterocycles. The molecule has 0 saturated heterocycles.